The zero-order valence-electron chi connectivity index (χ0n) is 36.8. The number of aliphatic hydroxyl groups is 1. The smallest absolute Gasteiger partial charge is 0.328 e. The Kier molecular flexibility index (Phi) is 14.1. The fourth-order valence-corrected chi connectivity index (χ4v) is 10.5. The van der Waals surface area contributed by atoms with Crippen LogP contribution >= 0.6 is 11.6 Å². The topological polar surface area (TPSA) is 143 Å². The summed E-state index contributed by atoms with van der Waals surface area (Å²) >= 11 is 6.18. The van der Waals surface area contributed by atoms with Crippen molar-refractivity contribution in [2.45, 2.75) is 122 Å². The molecule has 1 unspecified atom stereocenters. The maximum atomic E-state index is 14.2. The monoisotopic (exact) mass is 875 g/mol. The normalized spacial score (nSPS) is 21.1. The van der Waals surface area contributed by atoms with E-state index in [0.717, 1.165) is 101 Å². The van der Waals surface area contributed by atoms with Gasteiger partial charge in [-0.1, -0.05) is 42.3 Å². The number of nitriles is 1. The molecule has 12 nitrogen and oxygen atoms in total. The second-order valence-electron chi connectivity index (χ2n) is 18.6. The van der Waals surface area contributed by atoms with Crippen LogP contribution in [0.3, 0.4) is 0 Å². The Labute approximate surface area is 376 Å². The number of piperidine rings is 2. The molecule has 3 saturated heterocycles. The molecular weight excluding hydrogens is 814 g/mol. The van der Waals surface area contributed by atoms with Crippen LogP contribution in [0.1, 0.15) is 130 Å². The van der Waals surface area contributed by atoms with Gasteiger partial charge < -0.3 is 24.2 Å². The second kappa shape index (κ2) is 19.9. The Hall–Kier alpha value is -4.93. The second-order valence-corrected chi connectivity index (χ2v) is 19.0. The highest BCUT2D eigenvalue weighted by Gasteiger charge is 2.39. The predicted octanol–water partition coefficient (Wildman–Crippen LogP) is 8.90. The van der Waals surface area contributed by atoms with Gasteiger partial charge in [-0.3, -0.25) is 25.1 Å². The van der Waals surface area contributed by atoms with Gasteiger partial charge in [-0.25, -0.2) is 4.79 Å². The van der Waals surface area contributed by atoms with Crippen molar-refractivity contribution in [2.75, 3.05) is 44.2 Å². The molecular formula is C50H62ClN7O5. The lowest BCUT2D eigenvalue weighted by atomic mass is 9.72. The molecule has 1 atom stereocenters. The van der Waals surface area contributed by atoms with E-state index in [1.54, 1.807) is 23.1 Å². The molecule has 1 spiro atoms. The molecule has 334 valence electrons. The first-order valence-corrected chi connectivity index (χ1v) is 23.5. The van der Waals surface area contributed by atoms with Crippen molar-refractivity contribution < 1.29 is 24.2 Å². The van der Waals surface area contributed by atoms with Gasteiger partial charge in [-0.15, -0.1) is 0 Å². The number of nitrogens with zero attached hydrogens (tertiary/aromatic N) is 5. The predicted molar refractivity (Wildman–Crippen MR) is 246 cm³/mol. The molecule has 4 heterocycles. The maximum absolute atomic E-state index is 14.2. The number of ether oxygens (including phenoxy) is 1. The number of hydrogen-bond donors (Lipinski definition) is 3. The van der Waals surface area contributed by atoms with Crippen molar-refractivity contribution in [3.63, 3.8) is 0 Å². The average Bonchev–Trinajstić information content (AvgIpc) is 3.72. The van der Waals surface area contributed by atoms with E-state index in [0.29, 0.717) is 27.6 Å². The molecule has 3 aliphatic heterocycles. The van der Waals surface area contributed by atoms with E-state index in [4.69, 9.17) is 21.6 Å². The van der Waals surface area contributed by atoms with E-state index < -0.39 is 12.3 Å². The van der Waals surface area contributed by atoms with Crippen molar-refractivity contribution in [1.29, 1.82) is 5.26 Å². The van der Waals surface area contributed by atoms with Gasteiger partial charge in [0.05, 0.1) is 27.9 Å². The summed E-state index contributed by atoms with van der Waals surface area (Å²) in [7, 11) is 0. The van der Waals surface area contributed by atoms with Gasteiger partial charge in [0, 0.05) is 67.9 Å². The van der Waals surface area contributed by atoms with E-state index in [1.165, 1.54) is 31.2 Å². The highest BCUT2D eigenvalue weighted by molar-refractivity contribution is 6.31. The zero-order valence-corrected chi connectivity index (χ0v) is 37.5. The van der Waals surface area contributed by atoms with Gasteiger partial charge in [0.15, 0.2) is 0 Å². The summed E-state index contributed by atoms with van der Waals surface area (Å²) in [6, 6.07) is 21.4. The summed E-state index contributed by atoms with van der Waals surface area (Å²) in [6.45, 7) is 9.29. The molecule has 4 fully saturated rings. The average molecular weight is 877 g/mol. The Bertz CT molecular complexity index is 2310. The molecule has 0 radical (unpaired) electrons. The highest BCUT2D eigenvalue weighted by Crippen LogP contribution is 2.41. The minimum atomic E-state index is -0.712. The number of hydrogen-bond acceptors (Lipinski definition) is 8. The van der Waals surface area contributed by atoms with Crippen molar-refractivity contribution in [3.8, 4) is 11.8 Å². The fourth-order valence-electron chi connectivity index (χ4n) is 10.3. The molecule has 1 saturated carbocycles. The molecule has 13 heteroatoms. The van der Waals surface area contributed by atoms with Crippen LogP contribution in [0.5, 0.6) is 5.75 Å². The van der Waals surface area contributed by atoms with Crippen molar-refractivity contribution in [2.24, 2.45) is 5.41 Å². The summed E-state index contributed by atoms with van der Waals surface area (Å²) in [5, 5.41) is 27.3. The van der Waals surface area contributed by atoms with Crippen LogP contribution in [-0.2, 0) is 11.2 Å². The van der Waals surface area contributed by atoms with E-state index >= 15 is 0 Å². The summed E-state index contributed by atoms with van der Waals surface area (Å²) < 4.78 is 8.27. The zero-order chi connectivity index (χ0) is 44.1. The molecule has 4 aliphatic rings. The number of rotatable bonds is 14. The lowest BCUT2D eigenvalue weighted by molar-refractivity contribution is -0.120. The summed E-state index contributed by atoms with van der Waals surface area (Å²) in [4.78, 5) is 45.3. The summed E-state index contributed by atoms with van der Waals surface area (Å²) in [5.41, 5.74) is 5.03. The number of fused-ring (bicyclic) bond motifs is 1. The molecule has 4 aromatic rings. The molecule has 3 aromatic carbocycles. The molecule has 1 aromatic heterocycles. The number of imide groups is 1. The van der Waals surface area contributed by atoms with Crippen molar-refractivity contribution in [1.82, 2.24) is 25.0 Å². The van der Waals surface area contributed by atoms with Crippen LogP contribution in [0.25, 0.3) is 10.9 Å². The van der Waals surface area contributed by atoms with E-state index in [2.05, 4.69) is 52.2 Å². The standard InChI is InChI=1S/C50H62ClN7O5/c1-34(2)57-25-18-42-44(57)29-38(30-45(42)58-26-19-46(59)54-49(58)62)48(61)56-27-21-50(22-28-56)20-6-24-55(33-50)23-5-3-4-7-35-8-10-36(11-9-35)47(60)53-39-13-16-40(17-14-39)63-41-15-12-37(32-52)43(51)31-41/h8-12,15,18,25,29-31,34,39-40,47,53,60H,3-7,13-14,16-17,19-24,26-28,33H2,1-2H3,(H,54,59,62)/t39-,40-,47?. The largest absolute Gasteiger partial charge is 0.490 e. The van der Waals surface area contributed by atoms with Crippen LogP contribution in [0.4, 0.5) is 10.5 Å². The molecule has 8 rings (SSSR count). The highest BCUT2D eigenvalue weighted by atomic mass is 35.5. The van der Waals surface area contributed by atoms with Crippen molar-refractivity contribution in [3.05, 3.63) is 94.1 Å². The van der Waals surface area contributed by atoms with Crippen LogP contribution in [-0.4, -0.2) is 88.7 Å². The number of unbranched alkanes of at least 4 members (excludes halogenated alkanes) is 2. The van der Waals surface area contributed by atoms with Crippen LogP contribution in [0.15, 0.2) is 66.9 Å². The van der Waals surface area contributed by atoms with Gasteiger partial charge in [0.2, 0.25) is 5.91 Å². The first-order valence-electron chi connectivity index (χ1n) is 23.1. The maximum Gasteiger partial charge on any atom is 0.328 e. The number of nitrogens with one attached hydrogen (secondary N) is 2. The lowest BCUT2D eigenvalue weighted by Gasteiger charge is -2.48. The number of benzene rings is 3. The van der Waals surface area contributed by atoms with Gasteiger partial charge >= 0.3 is 6.03 Å². The van der Waals surface area contributed by atoms with E-state index in [9.17, 15) is 19.5 Å². The number of carbonyl (C=O) groups excluding carboxylic acids is 3. The minimum Gasteiger partial charge on any atom is -0.490 e. The SMILES string of the molecule is CC(C)n1ccc2c(N3CCC(=O)NC3=O)cc(C(=O)N3CCC4(CCCN(CCCCCc5ccc(C(O)N[C@H]6CC[C@H](Oc7ccc(C#N)c(Cl)c7)CC6)cc5)C4)CC3)cc21. The number of aliphatic hydroxyl groups excluding tert-OH is 1. The van der Waals surface area contributed by atoms with Gasteiger partial charge in [-0.05, 0) is 144 Å². The summed E-state index contributed by atoms with van der Waals surface area (Å²) in [6.07, 6.45) is 14.1. The minimum absolute atomic E-state index is 0.00204. The molecule has 1 aliphatic carbocycles. The van der Waals surface area contributed by atoms with Gasteiger partial charge in [0.1, 0.15) is 18.0 Å². The van der Waals surface area contributed by atoms with Gasteiger partial charge in [0.25, 0.3) is 5.91 Å². The van der Waals surface area contributed by atoms with E-state index in [-0.39, 0.29) is 48.4 Å². The van der Waals surface area contributed by atoms with Crippen molar-refractivity contribution >= 4 is 46.0 Å². The third kappa shape index (κ3) is 10.6. The Morgan fingerprint density at radius 3 is 2.46 bits per heavy atom. The van der Waals surface area contributed by atoms with Gasteiger partial charge in [-0.2, -0.15) is 5.26 Å². The number of aryl methyl sites for hydroxylation is 1. The molecule has 0 bridgehead atoms. The fraction of sp³-hybridized carbons (Fsp3) is 0.520. The Morgan fingerprint density at radius 1 is 0.968 bits per heavy atom. The number of anilines is 1. The number of urea groups is 1. The number of likely N-dealkylation sites (tertiary alicyclic amines) is 2. The number of aromatic nitrogens is 1. The third-order valence-corrected chi connectivity index (χ3v) is 14.3. The quantitative estimate of drug-likeness (QED) is 0.0843. The lowest BCUT2D eigenvalue weighted by Crippen LogP contribution is -2.51. The molecule has 63 heavy (non-hydrogen) atoms. The number of amides is 4. The molecule has 3 N–H and O–H groups in total. The number of carbonyl (C=O) groups is 3. The van der Waals surface area contributed by atoms with Crippen LogP contribution in [0, 0.1) is 16.7 Å². The molecule has 4 amide bonds. The Morgan fingerprint density at radius 2 is 1.75 bits per heavy atom. The first kappa shape index (κ1) is 44.7. The Balaban J connectivity index is 0.755. The number of halogens is 1. The summed E-state index contributed by atoms with van der Waals surface area (Å²) in [5.74, 6) is 0.409. The van der Waals surface area contributed by atoms with E-state index in [1.807, 2.05) is 41.4 Å². The van der Waals surface area contributed by atoms with Crippen LogP contribution < -0.4 is 20.3 Å². The van der Waals surface area contributed by atoms with Crippen LogP contribution in [0.2, 0.25) is 5.02 Å². The first-order chi connectivity index (χ1) is 30.5. The third-order valence-electron chi connectivity index (χ3n) is 14.0.